The Kier molecular flexibility index (Phi) is 7.45. The number of nitrogens with one attached hydrogen (secondary N) is 2. The molecule has 3 aromatic rings. The second kappa shape index (κ2) is 10.1. The van der Waals surface area contributed by atoms with E-state index in [1.165, 1.54) is 30.0 Å². The van der Waals surface area contributed by atoms with Gasteiger partial charge in [0.2, 0.25) is 5.91 Å². The van der Waals surface area contributed by atoms with Crippen LogP contribution in [0.1, 0.15) is 16.8 Å². The van der Waals surface area contributed by atoms with Gasteiger partial charge in [-0.25, -0.2) is 4.98 Å². The number of aromatic nitrogens is 2. The number of carbonyl (C=O) groups excluding carboxylic acids is 1. The number of amides is 1. The number of carbonyl (C=O) groups is 1. The van der Waals surface area contributed by atoms with Gasteiger partial charge in [0, 0.05) is 22.4 Å². The van der Waals surface area contributed by atoms with Gasteiger partial charge in [-0.1, -0.05) is 35.5 Å². The molecule has 162 valence electrons. The summed E-state index contributed by atoms with van der Waals surface area (Å²) >= 11 is 2.53. The topological polar surface area (TPSA) is 74.8 Å². The Morgan fingerprint density at radius 3 is 2.55 bits per heavy atom. The number of benzene rings is 2. The highest BCUT2D eigenvalue weighted by atomic mass is 32.2. The fourth-order valence-corrected chi connectivity index (χ4v) is 4.01. The number of nitrogens with zero attached hydrogens (tertiary/aromatic N) is 1. The summed E-state index contributed by atoms with van der Waals surface area (Å²) in [5.41, 5.74) is 0.582. The summed E-state index contributed by atoms with van der Waals surface area (Å²) in [6, 6.07) is 13.8. The third-order valence-electron chi connectivity index (χ3n) is 3.99. The number of H-pyrrole nitrogens is 1. The molecule has 0 saturated carbocycles. The number of alkyl halides is 3. The summed E-state index contributed by atoms with van der Waals surface area (Å²) in [6.07, 6.45) is -4.49. The Labute approximate surface area is 184 Å². The lowest BCUT2D eigenvalue weighted by Gasteiger charge is -2.10. The largest absolute Gasteiger partial charge is 0.416 e. The van der Waals surface area contributed by atoms with Crippen LogP contribution in [0.3, 0.4) is 0 Å². The standard InChI is InChI=1S/C21H18F3N3O2S2/c1-13-5-7-17(8-6-13)30-11-16-10-18(28)27-20(26-16)31-12-19(29)25-15-4-2-3-14(9-15)21(22,23)24/h2-10H,11-12H2,1H3,(H,25,29)(H,26,27,28). The Hall–Kier alpha value is -2.72. The van der Waals surface area contributed by atoms with Crippen LogP contribution >= 0.6 is 23.5 Å². The number of hydrogen-bond donors (Lipinski definition) is 2. The Bertz CT molecular complexity index is 1120. The highest BCUT2D eigenvalue weighted by molar-refractivity contribution is 7.99. The maximum Gasteiger partial charge on any atom is 0.416 e. The summed E-state index contributed by atoms with van der Waals surface area (Å²) in [5.74, 6) is -0.142. The van der Waals surface area contributed by atoms with E-state index >= 15 is 0 Å². The van der Waals surface area contributed by atoms with E-state index in [2.05, 4.69) is 15.3 Å². The van der Waals surface area contributed by atoms with Crippen molar-refractivity contribution in [3.05, 3.63) is 81.8 Å². The van der Waals surface area contributed by atoms with Crippen LogP contribution in [0.4, 0.5) is 18.9 Å². The third-order valence-corrected chi connectivity index (χ3v) is 5.91. The molecule has 31 heavy (non-hydrogen) atoms. The highest BCUT2D eigenvalue weighted by Gasteiger charge is 2.30. The minimum Gasteiger partial charge on any atom is -0.325 e. The van der Waals surface area contributed by atoms with Gasteiger partial charge in [0.25, 0.3) is 5.56 Å². The molecule has 0 saturated heterocycles. The van der Waals surface area contributed by atoms with Gasteiger partial charge < -0.3 is 10.3 Å². The van der Waals surface area contributed by atoms with Gasteiger partial charge in [-0.3, -0.25) is 9.59 Å². The summed E-state index contributed by atoms with van der Waals surface area (Å²) < 4.78 is 38.3. The molecule has 2 aromatic carbocycles. The van der Waals surface area contributed by atoms with E-state index in [0.29, 0.717) is 11.4 Å². The van der Waals surface area contributed by atoms with Crippen LogP contribution in [0, 0.1) is 6.92 Å². The molecule has 0 aliphatic carbocycles. The molecule has 0 bridgehead atoms. The van der Waals surface area contributed by atoms with Crippen molar-refractivity contribution in [3.63, 3.8) is 0 Å². The number of hydrogen-bond acceptors (Lipinski definition) is 5. The number of thioether (sulfide) groups is 2. The Morgan fingerprint density at radius 1 is 1.10 bits per heavy atom. The van der Waals surface area contributed by atoms with Crippen LogP contribution in [0.15, 0.2) is 69.4 Å². The molecule has 3 rings (SSSR count). The fraction of sp³-hybridized carbons (Fsp3) is 0.190. The summed E-state index contributed by atoms with van der Waals surface area (Å²) in [6.45, 7) is 2.00. The molecule has 1 aromatic heterocycles. The monoisotopic (exact) mass is 465 g/mol. The average Bonchev–Trinajstić information content (AvgIpc) is 2.71. The van der Waals surface area contributed by atoms with Gasteiger partial charge in [-0.05, 0) is 37.3 Å². The summed E-state index contributed by atoms with van der Waals surface area (Å²) in [7, 11) is 0. The normalized spacial score (nSPS) is 11.4. The molecule has 5 nitrogen and oxygen atoms in total. The Balaban J connectivity index is 1.58. The molecule has 0 unspecified atom stereocenters. The van der Waals surface area contributed by atoms with E-state index in [1.54, 1.807) is 0 Å². The van der Waals surface area contributed by atoms with Gasteiger partial charge in [0.15, 0.2) is 5.16 Å². The van der Waals surface area contributed by atoms with E-state index in [1.807, 2.05) is 31.2 Å². The van der Waals surface area contributed by atoms with Crippen LogP contribution in [0.25, 0.3) is 0 Å². The summed E-state index contributed by atoms with van der Waals surface area (Å²) in [4.78, 5) is 32.0. The van der Waals surface area contributed by atoms with Crippen molar-refractivity contribution >= 4 is 35.1 Å². The van der Waals surface area contributed by atoms with Gasteiger partial charge in [-0.2, -0.15) is 13.2 Å². The van der Waals surface area contributed by atoms with Crippen LogP contribution in [0.2, 0.25) is 0 Å². The first-order valence-corrected chi connectivity index (χ1v) is 11.1. The maximum atomic E-state index is 12.8. The quantitative estimate of drug-likeness (QED) is 0.374. The lowest BCUT2D eigenvalue weighted by molar-refractivity contribution is -0.137. The third kappa shape index (κ3) is 7.18. The molecule has 2 N–H and O–H groups in total. The minimum atomic E-state index is -4.49. The SMILES string of the molecule is Cc1ccc(SCc2cc(=O)[nH]c(SCC(=O)Nc3cccc(C(F)(F)F)c3)n2)cc1. The lowest BCUT2D eigenvalue weighted by Crippen LogP contribution is -2.16. The second-order valence-corrected chi connectivity index (χ2v) is 8.57. The lowest BCUT2D eigenvalue weighted by atomic mass is 10.2. The van der Waals surface area contributed by atoms with Crippen molar-refractivity contribution in [1.29, 1.82) is 0 Å². The highest BCUT2D eigenvalue weighted by Crippen LogP contribution is 2.30. The van der Waals surface area contributed by atoms with Gasteiger partial charge in [0.1, 0.15) is 0 Å². The smallest absolute Gasteiger partial charge is 0.325 e. The van der Waals surface area contributed by atoms with Gasteiger partial charge in [-0.15, -0.1) is 11.8 Å². The molecule has 0 aliphatic heterocycles. The molecule has 1 amide bonds. The zero-order valence-corrected chi connectivity index (χ0v) is 18.0. The van der Waals surface area contributed by atoms with E-state index < -0.39 is 17.6 Å². The molecular weight excluding hydrogens is 447 g/mol. The van der Waals surface area contributed by atoms with Gasteiger partial charge in [0.05, 0.1) is 17.0 Å². The molecule has 0 radical (unpaired) electrons. The van der Waals surface area contributed by atoms with E-state index in [-0.39, 0.29) is 22.2 Å². The van der Waals surface area contributed by atoms with Crippen LogP contribution in [-0.4, -0.2) is 21.6 Å². The first-order valence-electron chi connectivity index (χ1n) is 9.09. The predicted octanol–water partition coefficient (Wildman–Crippen LogP) is 5.12. The Morgan fingerprint density at radius 2 is 1.84 bits per heavy atom. The van der Waals surface area contributed by atoms with Gasteiger partial charge >= 0.3 is 6.18 Å². The minimum absolute atomic E-state index is 0.0464. The predicted molar refractivity (Wildman–Crippen MR) is 116 cm³/mol. The number of rotatable bonds is 7. The van der Waals surface area contributed by atoms with Crippen molar-refractivity contribution in [2.45, 2.75) is 28.9 Å². The van der Waals surface area contributed by atoms with E-state index in [0.717, 1.165) is 34.4 Å². The number of aromatic amines is 1. The molecule has 0 spiro atoms. The zero-order valence-electron chi connectivity index (χ0n) is 16.3. The molecule has 1 heterocycles. The fourth-order valence-electron chi connectivity index (χ4n) is 2.52. The molecular formula is C21H18F3N3O2S2. The van der Waals surface area contributed by atoms with E-state index in [4.69, 9.17) is 0 Å². The number of anilines is 1. The first-order chi connectivity index (χ1) is 14.7. The van der Waals surface area contributed by atoms with Crippen molar-refractivity contribution in [2.75, 3.05) is 11.1 Å². The number of aryl methyl sites for hydroxylation is 1. The summed E-state index contributed by atoms with van der Waals surface area (Å²) in [5, 5.41) is 2.69. The number of halogens is 3. The van der Waals surface area contributed by atoms with E-state index in [9.17, 15) is 22.8 Å². The zero-order chi connectivity index (χ0) is 22.4. The first kappa shape index (κ1) is 23.0. The molecule has 10 heteroatoms. The van der Waals surface area contributed by atoms with Crippen LogP contribution < -0.4 is 10.9 Å². The maximum absolute atomic E-state index is 12.8. The van der Waals surface area contributed by atoms with Crippen molar-refractivity contribution < 1.29 is 18.0 Å². The second-order valence-electron chi connectivity index (χ2n) is 6.56. The average molecular weight is 466 g/mol. The molecule has 0 aliphatic rings. The van der Waals surface area contributed by atoms with Crippen molar-refractivity contribution in [3.8, 4) is 0 Å². The molecule has 0 atom stereocenters. The van der Waals surface area contributed by atoms with Crippen molar-refractivity contribution in [2.24, 2.45) is 0 Å². The molecule has 0 fully saturated rings. The van der Waals surface area contributed by atoms with Crippen LogP contribution in [-0.2, 0) is 16.7 Å². The van der Waals surface area contributed by atoms with Crippen molar-refractivity contribution in [1.82, 2.24) is 9.97 Å². The van der Waals surface area contributed by atoms with Crippen LogP contribution in [0.5, 0.6) is 0 Å².